The van der Waals surface area contributed by atoms with Crippen LogP contribution in [0, 0.1) is 0 Å². The van der Waals surface area contributed by atoms with Gasteiger partial charge in [0.2, 0.25) is 0 Å². The number of rotatable bonds is 8. The maximum absolute atomic E-state index is 12.7. The number of pyridine rings is 1. The number of anilines is 2. The van der Waals surface area contributed by atoms with E-state index in [4.69, 9.17) is 0 Å². The Balaban J connectivity index is 1.62. The number of hydrogen-bond acceptors (Lipinski definition) is 6. The van der Waals surface area contributed by atoms with Gasteiger partial charge in [0, 0.05) is 48.5 Å². The molecule has 1 aliphatic heterocycles. The molecule has 4 rings (SSSR count). The number of likely N-dealkylation sites (tertiary alicyclic amines) is 1. The quantitative estimate of drug-likeness (QED) is 0.440. The molecule has 182 valence electrons. The van der Waals surface area contributed by atoms with Gasteiger partial charge in [0.1, 0.15) is 5.52 Å². The molecular formula is C26H28F2N6O. The second-order valence-corrected chi connectivity index (χ2v) is 8.43. The number of allylic oxidation sites excluding steroid dienone is 5. The van der Waals surface area contributed by atoms with Crippen molar-refractivity contribution in [2.75, 3.05) is 18.4 Å². The van der Waals surface area contributed by atoms with Gasteiger partial charge in [0.15, 0.2) is 11.6 Å². The number of piperidine rings is 1. The normalized spacial score (nSPS) is 15.3. The molecule has 1 saturated heterocycles. The van der Waals surface area contributed by atoms with Crippen molar-refractivity contribution >= 4 is 28.3 Å². The first-order chi connectivity index (χ1) is 16.8. The molecule has 0 spiro atoms. The largest absolute Gasteiger partial charge is 0.393 e. The first-order valence-corrected chi connectivity index (χ1v) is 11.3. The zero-order valence-electron chi connectivity index (χ0n) is 19.5. The van der Waals surface area contributed by atoms with Crippen LogP contribution in [0.4, 0.5) is 20.3 Å². The van der Waals surface area contributed by atoms with Crippen molar-refractivity contribution < 1.29 is 13.9 Å². The van der Waals surface area contributed by atoms with Gasteiger partial charge in [0.05, 0.1) is 11.8 Å². The Morgan fingerprint density at radius 2 is 2.03 bits per heavy atom. The van der Waals surface area contributed by atoms with Crippen LogP contribution in [-0.2, 0) is 0 Å². The van der Waals surface area contributed by atoms with E-state index >= 15 is 0 Å². The SMILES string of the molecule is C=C(/C=C\C=C(/C)C(F)F)c1nc(Nc2ccncc2C(=C)N2CCC(O)CC2)c2cccn2n1. The van der Waals surface area contributed by atoms with Crippen LogP contribution in [0.1, 0.15) is 31.2 Å². The zero-order chi connectivity index (χ0) is 24.9. The first-order valence-electron chi connectivity index (χ1n) is 11.3. The topological polar surface area (TPSA) is 78.6 Å². The number of alkyl halides is 2. The van der Waals surface area contributed by atoms with Crippen molar-refractivity contribution in [1.82, 2.24) is 24.5 Å². The fraction of sp³-hybridized carbons (Fsp3) is 0.269. The van der Waals surface area contributed by atoms with Crippen LogP contribution >= 0.6 is 0 Å². The second-order valence-electron chi connectivity index (χ2n) is 8.43. The molecular weight excluding hydrogens is 450 g/mol. The predicted octanol–water partition coefficient (Wildman–Crippen LogP) is 5.08. The lowest BCUT2D eigenvalue weighted by Gasteiger charge is -2.33. The Bertz CT molecular complexity index is 1290. The van der Waals surface area contributed by atoms with Crippen LogP contribution in [0.15, 0.2) is 73.7 Å². The van der Waals surface area contributed by atoms with Crippen LogP contribution in [0.5, 0.6) is 0 Å². The van der Waals surface area contributed by atoms with Gasteiger partial charge >= 0.3 is 0 Å². The predicted molar refractivity (Wildman–Crippen MR) is 134 cm³/mol. The van der Waals surface area contributed by atoms with E-state index in [1.54, 1.807) is 29.2 Å². The summed E-state index contributed by atoms with van der Waals surface area (Å²) >= 11 is 0. The molecule has 1 fully saturated rings. The van der Waals surface area contributed by atoms with Gasteiger partial charge in [0.25, 0.3) is 6.43 Å². The van der Waals surface area contributed by atoms with Gasteiger partial charge in [-0.15, -0.1) is 5.10 Å². The van der Waals surface area contributed by atoms with Crippen LogP contribution in [0.2, 0.25) is 0 Å². The van der Waals surface area contributed by atoms with Gasteiger partial charge in [-0.25, -0.2) is 18.3 Å². The molecule has 0 amide bonds. The highest BCUT2D eigenvalue weighted by molar-refractivity contribution is 5.81. The highest BCUT2D eigenvalue weighted by atomic mass is 19.3. The molecule has 0 bridgehead atoms. The van der Waals surface area contributed by atoms with Crippen LogP contribution in [0.3, 0.4) is 0 Å². The fourth-order valence-corrected chi connectivity index (χ4v) is 3.79. The summed E-state index contributed by atoms with van der Waals surface area (Å²) in [6.07, 6.45) is 8.33. The van der Waals surface area contributed by atoms with E-state index < -0.39 is 6.43 Å². The van der Waals surface area contributed by atoms with Crippen molar-refractivity contribution in [3.05, 3.63) is 85.1 Å². The molecule has 0 aliphatic carbocycles. The lowest BCUT2D eigenvalue weighted by Crippen LogP contribution is -2.34. The molecule has 3 aromatic heterocycles. The third-order valence-electron chi connectivity index (χ3n) is 5.91. The number of halogens is 2. The fourth-order valence-electron chi connectivity index (χ4n) is 3.79. The van der Waals surface area contributed by atoms with E-state index in [-0.39, 0.29) is 11.7 Å². The van der Waals surface area contributed by atoms with Gasteiger partial charge in [-0.2, -0.15) is 0 Å². The minimum absolute atomic E-state index is 0.0353. The molecule has 2 N–H and O–H groups in total. The maximum atomic E-state index is 12.7. The lowest BCUT2D eigenvalue weighted by atomic mass is 10.1. The number of nitrogens with zero attached hydrogens (tertiary/aromatic N) is 5. The average Bonchev–Trinajstić information content (AvgIpc) is 3.33. The molecule has 0 atom stereocenters. The van der Waals surface area contributed by atoms with Crippen molar-refractivity contribution in [2.45, 2.75) is 32.3 Å². The van der Waals surface area contributed by atoms with Crippen molar-refractivity contribution in [3.63, 3.8) is 0 Å². The summed E-state index contributed by atoms with van der Waals surface area (Å²) < 4.78 is 27.1. The Labute approximate surface area is 202 Å². The van der Waals surface area contributed by atoms with Gasteiger partial charge < -0.3 is 15.3 Å². The molecule has 0 radical (unpaired) electrons. The van der Waals surface area contributed by atoms with Crippen LogP contribution in [0.25, 0.3) is 16.8 Å². The lowest BCUT2D eigenvalue weighted by molar-refractivity contribution is 0.106. The van der Waals surface area contributed by atoms with Gasteiger partial charge in [-0.1, -0.05) is 31.4 Å². The van der Waals surface area contributed by atoms with E-state index in [0.29, 0.717) is 30.1 Å². The highest BCUT2D eigenvalue weighted by Gasteiger charge is 2.21. The molecule has 1 aliphatic rings. The van der Waals surface area contributed by atoms with Crippen molar-refractivity contribution in [3.8, 4) is 0 Å². The number of aliphatic hydroxyl groups is 1. The number of hydrogen-bond donors (Lipinski definition) is 2. The summed E-state index contributed by atoms with van der Waals surface area (Å²) in [5.74, 6) is 0.915. The number of fused-ring (bicyclic) bond motifs is 1. The Morgan fingerprint density at radius 1 is 1.26 bits per heavy atom. The average molecular weight is 479 g/mol. The third-order valence-corrected chi connectivity index (χ3v) is 5.91. The number of aromatic nitrogens is 4. The molecule has 0 saturated carbocycles. The van der Waals surface area contributed by atoms with E-state index in [2.05, 4.69) is 38.4 Å². The Kier molecular flexibility index (Phi) is 7.36. The Hall–Kier alpha value is -3.85. The van der Waals surface area contributed by atoms with E-state index in [9.17, 15) is 13.9 Å². The molecule has 0 unspecified atom stereocenters. The summed E-state index contributed by atoms with van der Waals surface area (Å²) in [5, 5.41) is 17.7. The zero-order valence-corrected chi connectivity index (χ0v) is 19.5. The maximum Gasteiger partial charge on any atom is 0.259 e. The van der Waals surface area contributed by atoms with Crippen molar-refractivity contribution in [1.29, 1.82) is 0 Å². The van der Waals surface area contributed by atoms with Crippen LogP contribution < -0.4 is 5.32 Å². The van der Waals surface area contributed by atoms with Crippen molar-refractivity contribution in [2.24, 2.45) is 0 Å². The van der Waals surface area contributed by atoms with Gasteiger partial charge in [-0.3, -0.25) is 4.98 Å². The van der Waals surface area contributed by atoms with E-state index in [0.717, 1.165) is 35.6 Å². The first kappa shape index (κ1) is 24.3. The standard InChI is InChI=1S/C26H28F2N6O/c1-17(24(27)28)6-4-7-18(2)25-31-26(23-8-5-13-34(23)32-25)30-22-9-12-29-16-21(22)19(3)33-14-10-20(35)11-15-33/h4-9,12-13,16,20,24,35H,2-3,10-11,14-15H2,1H3,(H,29,30,31,32)/b7-4-,17-6+. The monoisotopic (exact) mass is 478 g/mol. The highest BCUT2D eigenvalue weighted by Crippen LogP contribution is 2.30. The second kappa shape index (κ2) is 10.6. The minimum atomic E-state index is -2.50. The minimum Gasteiger partial charge on any atom is -0.393 e. The summed E-state index contributed by atoms with van der Waals surface area (Å²) in [6, 6.07) is 5.60. The van der Waals surface area contributed by atoms with E-state index in [1.165, 1.54) is 19.1 Å². The molecule has 4 heterocycles. The summed E-state index contributed by atoms with van der Waals surface area (Å²) in [4.78, 5) is 11.1. The Morgan fingerprint density at radius 3 is 2.77 bits per heavy atom. The summed E-state index contributed by atoms with van der Waals surface area (Å²) in [5.41, 5.74) is 3.64. The number of nitrogens with one attached hydrogen (secondary N) is 1. The molecule has 0 aromatic carbocycles. The molecule has 7 nitrogen and oxygen atoms in total. The van der Waals surface area contributed by atoms with E-state index in [1.807, 2.05) is 18.2 Å². The molecule has 3 aromatic rings. The van der Waals surface area contributed by atoms with Gasteiger partial charge in [-0.05, 0) is 43.5 Å². The molecule has 9 heteroatoms. The summed E-state index contributed by atoms with van der Waals surface area (Å²) in [7, 11) is 0. The third kappa shape index (κ3) is 5.63. The van der Waals surface area contributed by atoms with Crippen LogP contribution in [-0.4, -0.2) is 55.2 Å². The smallest absolute Gasteiger partial charge is 0.259 e. The number of aliphatic hydroxyl groups excluding tert-OH is 1. The molecule has 35 heavy (non-hydrogen) atoms. The summed E-state index contributed by atoms with van der Waals surface area (Å²) in [6.45, 7) is 11.1.